The number of Topliss-reactive ketones (excluding diaryl/α,β-unsaturated/α-hetero) is 1. The number of fused-ring (bicyclic) bond motifs is 1. The van der Waals surface area contributed by atoms with Crippen LogP contribution in [0.3, 0.4) is 0 Å². The fraction of sp³-hybridized carbons (Fsp3) is 0.286. The van der Waals surface area contributed by atoms with Crippen molar-refractivity contribution in [3.63, 3.8) is 0 Å². The maximum atomic E-state index is 13.4. The molecule has 37 heavy (non-hydrogen) atoms. The summed E-state index contributed by atoms with van der Waals surface area (Å²) in [6, 6.07) is 0. The van der Waals surface area contributed by atoms with Crippen LogP contribution in [0.5, 0.6) is 5.75 Å². The average Bonchev–Trinajstić information content (AvgIpc) is 3.73. The molecule has 6 rings (SSSR count). The highest BCUT2D eigenvalue weighted by atomic mass is 32.1. The first-order valence-electron chi connectivity index (χ1n) is 11.2. The zero-order valence-electron chi connectivity index (χ0n) is 19.8. The van der Waals surface area contributed by atoms with Crippen LogP contribution in [-0.4, -0.2) is 99.8 Å². The minimum absolute atomic E-state index is 0.201. The predicted octanol–water partition coefficient (Wildman–Crippen LogP) is 0.424. The molecule has 0 spiro atoms. The summed E-state index contributed by atoms with van der Waals surface area (Å²) in [5, 5.41) is 19.2. The van der Waals surface area contributed by atoms with Crippen molar-refractivity contribution in [2.45, 2.75) is 6.92 Å². The number of amides is 1. The van der Waals surface area contributed by atoms with Gasteiger partial charge in [0.2, 0.25) is 5.13 Å². The molecule has 0 aromatic carbocycles. The molecule has 1 N–H and O–H groups in total. The van der Waals surface area contributed by atoms with Gasteiger partial charge in [0.05, 0.1) is 29.8 Å². The summed E-state index contributed by atoms with van der Waals surface area (Å²) in [5.41, 5.74) is 0.715. The number of nitrogens with zero attached hydrogens (tertiary/aromatic N) is 11. The zero-order chi connectivity index (χ0) is 25.5. The molecular formula is C21H20N12O3S. The van der Waals surface area contributed by atoms with Gasteiger partial charge in [-0.25, -0.2) is 19.6 Å². The highest BCUT2D eigenvalue weighted by molar-refractivity contribution is 7.12. The molecule has 0 radical (unpaired) electrons. The largest absolute Gasteiger partial charge is 0.494 e. The Morgan fingerprint density at radius 2 is 1.97 bits per heavy atom. The number of nitrogens with one attached hydrogen (secondary N) is 1. The SMILES string of the molecule is COc1cnc(-n2cnc(C)n2)c2[nH]cc(C(=O)C(=O)N3CCN(c4nnnn4-c4nccs4)CC3)c12. The lowest BCUT2D eigenvalue weighted by atomic mass is 10.1. The number of hydrogen-bond acceptors (Lipinski definition) is 12. The number of thiazole rings is 1. The van der Waals surface area contributed by atoms with E-state index in [1.54, 1.807) is 17.8 Å². The number of H-pyrrole nitrogens is 1. The van der Waals surface area contributed by atoms with Crippen molar-refractivity contribution >= 4 is 39.9 Å². The van der Waals surface area contributed by atoms with E-state index in [1.807, 2.05) is 10.3 Å². The van der Waals surface area contributed by atoms with E-state index in [0.717, 1.165) is 0 Å². The number of methoxy groups -OCH3 is 1. The summed E-state index contributed by atoms with van der Waals surface area (Å²) in [4.78, 5) is 46.0. The lowest BCUT2D eigenvalue weighted by molar-refractivity contribution is -0.126. The van der Waals surface area contributed by atoms with E-state index in [-0.39, 0.29) is 5.56 Å². The van der Waals surface area contributed by atoms with Crippen LogP contribution in [0.25, 0.3) is 21.9 Å². The number of aromatic nitrogens is 10. The summed E-state index contributed by atoms with van der Waals surface area (Å²) in [7, 11) is 1.48. The number of aromatic amines is 1. The van der Waals surface area contributed by atoms with Crippen molar-refractivity contribution in [2.24, 2.45) is 0 Å². The van der Waals surface area contributed by atoms with E-state index >= 15 is 0 Å². The van der Waals surface area contributed by atoms with Crippen LogP contribution >= 0.6 is 11.3 Å². The second kappa shape index (κ2) is 9.05. The quantitative estimate of drug-likeness (QED) is 0.244. The van der Waals surface area contributed by atoms with Crippen LogP contribution in [0, 0.1) is 6.92 Å². The Morgan fingerprint density at radius 3 is 2.68 bits per heavy atom. The normalized spacial score (nSPS) is 13.9. The van der Waals surface area contributed by atoms with Gasteiger partial charge < -0.3 is 19.5 Å². The van der Waals surface area contributed by atoms with E-state index in [1.165, 1.54) is 46.7 Å². The molecule has 15 nitrogen and oxygen atoms in total. The summed E-state index contributed by atoms with van der Waals surface area (Å²) in [6.45, 7) is 3.35. The van der Waals surface area contributed by atoms with E-state index in [9.17, 15) is 9.59 Å². The molecule has 0 saturated carbocycles. The Kier molecular flexibility index (Phi) is 5.56. The number of anilines is 1. The van der Waals surface area contributed by atoms with E-state index < -0.39 is 11.7 Å². The first-order chi connectivity index (χ1) is 18.0. The maximum absolute atomic E-state index is 13.4. The second-order valence-electron chi connectivity index (χ2n) is 8.15. The van der Waals surface area contributed by atoms with Gasteiger partial charge in [0.15, 0.2) is 5.82 Å². The molecule has 1 aliphatic rings. The lowest BCUT2D eigenvalue weighted by Crippen LogP contribution is -2.51. The van der Waals surface area contributed by atoms with E-state index in [4.69, 9.17) is 4.74 Å². The number of carbonyl (C=O) groups excluding carboxylic acids is 2. The van der Waals surface area contributed by atoms with Crippen LogP contribution < -0.4 is 9.64 Å². The summed E-state index contributed by atoms with van der Waals surface area (Å²) >= 11 is 1.42. The fourth-order valence-corrected chi connectivity index (χ4v) is 4.84. The lowest BCUT2D eigenvalue weighted by Gasteiger charge is -2.34. The van der Waals surface area contributed by atoms with E-state index in [2.05, 4.69) is 40.6 Å². The van der Waals surface area contributed by atoms with Gasteiger partial charge >= 0.3 is 0 Å². The molecule has 6 heterocycles. The van der Waals surface area contributed by atoms with Crippen LogP contribution in [0.15, 0.2) is 30.3 Å². The molecule has 1 fully saturated rings. The number of ether oxygens (including phenoxy) is 1. The first-order valence-corrected chi connectivity index (χ1v) is 12.1. The number of pyridine rings is 1. The molecule has 1 amide bonds. The average molecular weight is 521 g/mol. The summed E-state index contributed by atoms with van der Waals surface area (Å²) < 4.78 is 8.52. The van der Waals surface area contributed by atoms with Gasteiger partial charge in [0.25, 0.3) is 17.6 Å². The number of aryl methyl sites for hydroxylation is 1. The van der Waals surface area contributed by atoms with Crippen LogP contribution in [0.2, 0.25) is 0 Å². The van der Waals surface area contributed by atoms with Crippen molar-refractivity contribution in [1.29, 1.82) is 0 Å². The van der Waals surface area contributed by atoms with Gasteiger partial charge in [-0.3, -0.25) is 9.59 Å². The van der Waals surface area contributed by atoms with Crippen molar-refractivity contribution < 1.29 is 14.3 Å². The van der Waals surface area contributed by atoms with Crippen LogP contribution in [0.4, 0.5) is 5.95 Å². The van der Waals surface area contributed by atoms with Gasteiger partial charge in [0.1, 0.15) is 17.9 Å². The van der Waals surface area contributed by atoms with Gasteiger partial charge in [-0.2, -0.15) is 9.78 Å². The first kappa shape index (κ1) is 22.7. The minimum atomic E-state index is -0.641. The third-order valence-electron chi connectivity index (χ3n) is 6.04. The molecule has 16 heteroatoms. The number of tetrazole rings is 1. The molecule has 1 aliphatic heterocycles. The molecule has 5 aromatic rings. The molecule has 0 bridgehead atoms. The Bertz CT molecular complexity index is 1600. The monoisotopic (exact) mass is 520 g/mol. The number of hydrogen-bond donors (Lipinski definition) is 1. The number of piperazine rings is 1. The fourth-order valence-electron chi connectivity index (χ4n) is 4.25. The minimum Gasteiger partial charge on any atom is -0.494 e. The van der Waals surface area contributed by atoms with Gasteiger partial charge in [-0.15, -0.1) is 11.3 Å². The Hall–Kier alpha value is -4.73. The van der Waals surface area contributed by atoms with Gasteiger partial charge in [0, 0.05) is 44.0 Å². The van der Waals surface area contributed by atoms with Gasteiger partial charge in [-0.05, 0) is 17.4 Å². The molecule has 0 atom stereocenters. The van der Waals surface area contributed by atoms with Crippen molar-refractivity contribution in [3.05, 3.63) is 41.7 Å². The highest BCUT2D eigenvalue weighted by Crippen LogP contribution is 2.32. The van der Waals surface area contributed by atoms with Crippen LogP contribution in [0.1, 0.15) is 16.2 Å². The molecule has 5 aromatic heterocycles. The summed E-state index contributed by atoms with van der Waals surface area (Å²) in [6.07, 6.45) is 6.21. The third kappa shape index (κ3) is 3.86. The topological polar surface area (TPSA) is 166 Å². The predicted molar refractivity (Wildman–Crippen MR) is 130 cm³/mol. The Morgan fingerprint density at radius 1 is 1.14 bits per heavy atom. The van der Waals surface area contributed by atoms with Crippen molar-refractivity contribution in [3.8, 4) is 16.7 Å². The zero-order valence-corrected chi connectivity index (χ0v) is 20.6. The highest BCUT2D eigenvalue weighted by Gasteiger charge is 2.31. The Labute approximate surface area is 212 Å². The van der Waals surface area contributed by atoms with E-state index in [0.29, 0.717) is 65.6 Å². The number of rotatable bonds is 6. The standard InChI is InChI=1S/C21H20N12O3S/c1-12-25-11-32(27-12)18-16-15(14(36-2)10-24-18)13(9-23-16)17(34)19(35)30-4-6-31(7-5-30)20-26-28-29-33(20)21-22-3-8-37-21/h3,8-11,23H,4-7H2,1-2H3. The third-order valence-corrected chi connectivity index (χ3v) is 6.79. The second-order valence-corrected chi connectivity index (χ2v) is 9.03. The number of ketones is 1. The Balaban J connectivity index is 1.23. The van der Waals surface area contributed by atoms with Crippen molar-refractivity contribution in [1.82, 2.24) is 54.8 Å². The molecule has 0 aliphatic carbocycles. The molecule has 1 saturated heterocycles. The molecule has 188 valence electrons. The molecular weight excluding hydrogens is 500 g/mol. The molecule has 0 unspecified atom stereocenters. The van der Waals surface area contributed by atoms with Crippen molar-refractivity contribution in [2.75, 3.05) is 38.2 Å². The van der Waals surface area contributed by atoms with Gasteiger partial charge in [-0.1, -0.05) is 5.10 Å². The summed E-state index contributed by atoms with van der Waals surface area (Å²) in [5.74, 6) is 0.678. The number of carbonyl (C=O) groups is 2. The maximum Gasteiger partial charge on any atom is 0.295 e. The van der Waals surface area contributed by atoms with Crippen LogP contribution in [-0.2, 0) is 4.79 Å². The smallest absolute Gasteiger partial charge is 0.295 e.